The van der Waals surface area contributed by atoms with Crippen LogP contribution in [0.25, 0.3) is 10.9 Å². The number of nitrogens with zero attached hydrogens (tertiary/aromatic N) is 2. The number of alkyl halides is 1. The summed E-state index contributed by atoms with van der Waals surface area (Å²) in [6.45, 7) is 1.33. The Morgan fingerprint density at radius 3 is 2.86 bits per heavy atom. The van der Waals surface area contributed by atoms with Gasteiger partial charge < -0.3 is 4.74 Å². The van der Waals surface area contributed by atoms with Crippen molar-refractivity contribution in [2.75, 3.05) is 7.11 Å². The lowest BCUT2D eigenvalue weighted by Gasteiger charge is -2.20. The average molecular weight is 301 g/mol. The molecule has 1 aromatic heterocycles. The Hall–Kier alpha value is -2.50. The fourth-order valence-corrected chi connectivity index (χ4v) is 2.67. The highest BCUT2D eigenvalue weighted by molar-refractivity contribution is 6.14. The fourth-order valence-electron chi connectivity index (χ4n) is 2.67. The van der Waals surface area contributed by atoms with Crippen LogP contribution in [0.3, 0.4) is 0 Å². The summed E-state index contributed by atoms with van der Waals surface area (Å²) in [7, 11) is 1.55. The van der Waals surface area contributed by atoms with Crippen LogP contribution in [0, 0.1) is 5.92 Å². The van der Waals surface area contributed by atoms with Crippen LogP contribution in [-0.4, -0.2) is 23.7 Å². The van der Waals surface area contributed by atoms with Crippen molar-refractivity contribution in [3.63, 3.8) is 0 Å². The highest BCUT2D eigenvalue weighted by Crippen LogP contribution is 2.30. The van der Waals surface area contributed by atoms with Gasteiger partial charge in [0, 0.05) is 23.3 Å². The van der Waals surface area contributed by atoms with E-state index in [-0.39, 0.29) is 11.8 Å². The number of aromatic nitrogens is 1. The Bertz CT molecular complexity index is 773. The van der Waals surface area contributed by atoms with Gasteiger partial charge in [0.15, 0.2) is 0 Å². The number of hydrazone groups is 1. The first kappa shape index (κ1) is 14.4. The molecule has 0 saturated heterocycles. The normalized spacial score (nSPS) is 18.0. The lowest BCUT2D eigenvalue weighted by molar-refractivity contribution is -0.121. The van der Waals surface area contributed by atoms with Crippen LogP contribution in [0.5, 0.6) is 5.75 Å². The van der Waals surface area contributed by atoms with E-state index in [1.165, 1.54) is 0 Å². The number of nitrogens with one attached hydrogen (secondary N) is 1. The van der Waals surface area contributed by atoms with Crippen molar-refractivity contribution in [2.24, 2.45) is 11.0 Å². The molecule has 1 N–H and O–H groups in total. The van der Waals surface area contributed by atoms with Crippen LogP contribution in [0.1, 0.15) is 24.6 Å². The van der Waals surface area contributed by atoms with E-state index < -0.39 is 6.67 Å². The fraction of sp³-hybridized carbons (Fsp3) is 0.312. The molecule has 0 bridgehead atoms. The molecule has 1 atom stereocenters. The zero-order chi connectivity index (χ0) is 15.7. The first-order valence-corrected chi connectivity index (χ1v) is 7.03. The van der Waals surface area contributed by atoms with Gasteiger partial charge >= 0.3 is 0 Å². The molecule has 0 aliphatic carbocycles. The third-order valence-corrected chi connectivity index (χ3v) is 3.77. The van der Waals surface area contributed by atoms with Crippen molar-refractivity contribution in [1.82, 2.24) is 10.4 Å². The van der Waals surface area contributed by atoms with Gasteiger partial charge in [0.1, 0.15) is 17.9 Å². The van der Waals surface area contributed by atoms with Gasteiger partial charge in [-0.3, -0.25) is 4.79 Å². The number of rotatable bonds is 3. The molecule has 2 heterocycles. The van der Waals surface area contributed by atoms with Crippen LogP contribution in [0.4, 0.5) is 4.39 Å². The quantitative estimate of drug-likeness (QED) is 0.947. The van der Waals surface area contributed by atoms with E-state index in [1.54, 1.807) is 19.2 Å². The predicted molar refractivity (Wildman–Crippen MR) is 81.6 cm³/mol. The van der Waals surface area contributed by atoms with Crippen LogP contribution in [-0.2, 0) is 11.5 Å². The predicted octanol–water partition coefficient (Wildman–Crippen LogP) is 2.57. The first-order valence-electron chi connectivity index (χ1n) is 7.03. The second-order valence-corrected chi connectivity index (χ2v) is 5.28. The Labute approximate surface area is 127 Å². The summed E-state index contributed by atoms with van der Waals surface area (Å²) >= 11 is 0. The van der Waals surface area contributed by atoms with Crippen LogP contribution in [0.2, 0.25) is 0 Å². The van der Waals surface area contributed by atoms with E-state index in [0.29, 0.717) is 23.4 Å². The van der Waals surface area contributed by atoms with E-state index in [2.05, 4.69) is 15.5 Å². The number of amides is 1. The standard InChI is InChI=1S/C16H16FN3O2/c1-9-7-14(21)19-20-15(9)11-5-6-13(22-2)16-12(11)4-3-10(8-17)18-16/h3-6,9H,7-8H2,1-2H3,(H,19,21). The van der Waals surface area contributed by atoms with E-state index in [1.807, 2.05) is 19.1 Å². The van der Waals surface area contributed by atoms with Crippen molar-refractivity contribution in [2.45, 2.75) is 20.0 Å². The van der Waals surface area contributed by atoms with Crippen molar-refractivity contribution >= 4 is 22.5 Å². The molecule has 1 aliphatic rings. The summed E-state index contributed by atoms with van der Waals surface area (Å²) in [6, 6.07) is 7.15. The number of hydrogen-bond acceptors (Lipinski definition) is 4. The smallest absolute Gasteiger partial charge is 0.240 e. The molecule has 1 aromatic carbocycles. The van der Waals surface area contributed by atoms with Crippen molar-refractivity contribution < 1.29 is 13.9 Å². The number of hydrogen-bond donors (Lipinski definition) is 1. The number of methoxy groups -OCH3 is 1. The van der Waals surface area contributed by atoms with Gasteiger partial charge in [-0.2, -0.15) is 5.10 Å². The first-order chi connectivity index (χ1) is 10.6. The molecule has 1 aliphatic heterocycles. The lowest BCUT2D eigenvalue weighted by atomic mass is 9.91. The van der Waals surface area contributed by atoms with Gasteiger partial charge in [0.2, 0.25) is 5.91 Å². The maximum absolute atomic E-state index is 12.9. The molecule has 114 valence electrons. The molecular formula is C16H16FN3O2. The number of benzene rings is 1. The molecular weight excluding hydrogens is 285 g/mol. The number of halogens is 1. The van der Waals surface area contributed by atoms with Crippen molar-refractivity contribution in [3.05, 3.63) is 35.5 Å². The van der Waals surface area contributed by atoms with Gasteiger partial charge in [-0.25, -0.2) is 14.8 Å². The molecule has 3 rings (SSSR count). The maximum Gasteiger partial charge on any atom is 0.240 e. The Kier molecular flexibility index (Phi) is 3.75. The molecule has 0 spiro atoms. The monoisotopic (exact) mass is 301 g/mol. The maximum atomic E-state index is 12.9. The molecule has 2 aromatic rings. The minimum Gasteiger partial charge on any atom is -0.494 e. The zero-order valence-electron chi connectivity index (χ0n) is 12.4. The van der Waals surface area contributed by atoms with E-state index in [9.17, 15) is 9.18 Å². The van der Waals surface area contributed by atoms with Gasteiger partial charge in [-0.05, 0) is 18.2 Å². The van der Waals surface area contributed by atoms with Crippen molar-refractivity contribution in [1.29, 1.82) is 0 Å². The summed E-state index contributed by atoms with van der Waals surface area (Å²) in [4.78, 5) is 15.7. The topological polar surface area (TPSA) is 63.6 Å². The van der Waals surface area contributed by atoms with Crippen LogP contribution in [0.15, 0.2) is 29.4 Å². The number of pyridine rings is 1. The van der Waals surface area contributed by atoms with Crippen LogP contribution < -0.4 is 10.2 Å². The number of ether oxygens (including phenoxy) is 1. The van der Waals surface area contributed by atoms with E-state index >= 15 is 0 Å². The highest BCUT2D eigenvalue weighted by atomic mass is 19.1. The molecule has 1 unspecified atom stereocenters. The molecule has 0 saturated carbocycles. The Morgan fingerprint density at radius 1 is 1.36 bits per heavy atom. The largest absolute Gasteiger partial charge is 0.494 e. The van der Waals surface area contributed by atoms with E-state index in [0.717, 1.165) is 16.7 Å². The van der Waals surface area contributed by atoms with Crippen LogP contribution >= 0.6 is 0 Å². The molecule has 0 radical (unpaired) electrons. The summed E-state index contributed by atoms with van der Waals surface area (Å²) < 4.78 is 18.2. The van der Waals surface area contributed by atoms with Gasteiger partial charge in [0.05, 0.1) is 18.5 Å². The summed E-state index contributed by atoms with van der Waals surface area (Å²) in [5.74, 6) is 0.500. The summed E-state index contributed by atoms with van der Waals surface area (Å²) in [5, 5.41) is 5.02. The molecule has 1 amide bonds. The Balaban J connectivity index is 2.21. The number of fused-ring (bicyclic) bond motifs is 1. The minimum absolute atomic E-state index is 0.00574. The summed E-state index contributed by atoms with van der Waals surface area (Å²) in [5.41, 5.74) is 5.14. The minimum atomic E-state index is -0.628. The molecule has 6 heteroatoms. The highest BCUT2D eigenvalue weighted by Gasteiger charge is 2.24. The number of carbonyl (C=O) groups is 1. The Morgan fingerprint density at radius 2 is 2.18 bits per heavy atom. The molecule has 0 fully saturated rings. The van der Waals surface area contributed by atoms with Gasteiger partial charge in [-0.15, -0.1) is 0 Å². The second-order valence-electron chi connectivity index (χ2n) is 5.28. The van der Waals surface area contributed by atoms with Gasteiger partial charge in [-0.1, -0.05) is 13.0 Å². The molecule has 5 nitrogen and oxygen atoms in total. The zero-order valence-corrected chi connectivity index (χ0v) is 12.4. The third-order valence-electron chi connectivity index (χ3n) is 3.77. The second kappa shape index (κ2) is 5.71. The van der Waals surface area contributed by atoms with E-state index in [4.69, 9.17) is 4.74 Å². The number of carbonyl (C=O) groups excluding carboxylic acids is 1. The van der Waals surface area contributed by atoms with Gasteiger partial charge in [0.25, 0.3) is 0 Å². The third kappa shape index (κ3) is 2.41. The molecule has 22 heavy (non-hydrogen) atoms. The summed E-state index contributed by atoms with van der Waals surface area (Å²) in [6.07, 6.45) is 0.391. The average Bonchev–Trinajstić information content (AvgIpc) is 2.53. The van der Waals surface area contributed by atoms with Crippen molar-refractivity contribution in [3.8, 4) is 5.75 Å². The lowest BCUT2D eigenvalue weighted by Crippen LogP contribution is -2.32. The SMILES string of the molecule is COc1ccc(C2=NNC(=O)CC2C)c2ccc(CF)nc12.